The van der Waals surface area contributed by atoms with Crippen LogP contribution in [0.2, 0.25) is 0 Å². The first-order valence-electron chi connectivity index (χ1n) is 3.54. The van der Waals surface area contributed by atoms with E-state index in [0.29, 0.717) is 13.0 Å². The lowest BCUT2D eigenvalue weighted by Crippen LogP contribution is -2.01. The average Bonchev–Trinajstić information content (AvgIpc) is 2.39. The summed E-state index contributed by atoms with van der Waals surface area (Å²) in [6.45, 7) is 0.652. The Morgan fingerprint density at radius 1 is 1.73 bits per heavy atom. The van der Waals surface area contributed by atoms with E-state index in [4.69, 9.17) is 5.11 Å². The highest BCUT2D eigenvalue weighted by molar-refractivity contribution is 5.96. The minimum Gasteiger partial charge on any atom is -0.481 e. The number of carboxylic acid groups (broad SMARTS) is 1. The van der Waals surface area contributed by atoms with Crippen LogP contribution in [-0.4, -0.2) is 29.7 Å². The maximum absolute atomic E-state index is 10.1. The van der Waals surface area contributed by atoms with E-state index >= 15 is 0 Å². The maximum Gasteiger partial charge on any atom is 0.303 e. The third-order valence-corrected chi connectivity index (χ3v) is 1.45. The molecule has 0 spiro atoms. The van der Waals surface area contributed by atoms with Gasteiger partial charge in [0.25, 0.3) is 0 Å². The number of carboxylic acids is 1. The van der Waals surface area contributed by atoms with E-state index in [0.717, 1.165) is 12.1 Å². The predicted octanol–water partition coefficient (Wildman–Crippen LogP) is 0.724. The summed E-state index contributed by atoms with van der Waals surface area (Å²) in [6.07, 6.45) is 3.17. The van der Waals surface area contributed by atoms with Crippen LogP contribution in [0.5, 0.6) is 0 Å². The van der Waals surface area contributed by atoms with Crippen molar-refractivity contribution < 1.29 is 9.90 Å². The van der Waals surface area contributed by atoms with Crippen molar-refractivity contribution in [3.05, 3.63) is 0 Å². The fourth-order valence-electron chi connectivity index (χ4n) is 0.897. The molecule has 0 amide bonds. The molecule has 0 bridgehead atoms. The van der Waals surface area contributed by atoms with Crippen LogP contribution in [0.1, 0.15) is 19.3 Å². The molecule has 0 aromatic heterocycles. The van der Waals surface area contributed by atoms with Crippen molar-refractivity contribution in [3.63, 3.8) is 0 Å². The Kier molecular flexibility index (Phi) is 2.77. The molecule has 0 radical (unpaired) electrons. The minimum atomic E-state index is -0.746. The van der Waals surface area contributed by atoms with E-state index in [9.17, 15) is 4.79 Å². The van der Waals surface area contributed by atoms with Crippen molar-refractivity contribution >= 4 is 18.0 Å². The molecule has 0 aliphatic carbocycles. The summed E-state index contributed by atoms with van der Waals surface area (Å²) in [4.78, 5) is 18.0. The van der Waals surface area contributed by atoms with Gasteiger partial charge in [0.1, 0.15) is 6.34 Å². The first kappa shape index (κ1) is 7.91. The smallest absolute Gasteiger partial charge is 0.303 e. The zero-order chi connectivity index (χ0) is 8.10. The van der Waals surface area contributed by atoms with Crippen molar-refractivity contribution in [2.45, 2.75) is 19.3 Å². The molecular weight excluding hydrogens is 144 g/mol. The highest BCUT2D eigenvalue weighted by Gasteiger charge is 2.03. The van der Waals surface area contributed by atoms with Gasteiger partial charge in [-0.2, -0.15) is 0 Å². The van der Waals surface area contributed by atoms with Crippen LogP contribution in [-0.2, 0) is 4.79 Å². The van der Waals surface area contributed by atoms with E-state index in [2.05, 4.69) is 9.98 Å². The molecule has 0 atom stereocenters. The van der Waals surface area contributed by atoms with Crippen molar-refractivity contribution in [1.82, 2.24) is 0 Å². The zero-order valence-electron chi connectivity index (χ0n) is 6.16. The second kappa shape index (κ2) is 3.85. The lowest BCUT2D eigenvalue weighted by molar-refractivity contribution is -0.137. The third-order valence-electron chi connectivity index (χ3n) is 1.45. The van der Waals surface area contributed by atoms with Crippen LogP contribution >= 0.6 is 0 Å². The average molecular weight is 154 g/mol. The van der Waals surface area contributed by atoms with Crippen molar-refractivity contribution in [2.24, 2.45) is 9.98 Å². The Morgan fingerprint density at radius 3 is 3.09 bits per heavy atom. The van der Waals surface area contributed by atoms with Crippen LogP contribution in [0.3, 0.4) is 0 Å². The van der Waals surface area contributed by atoms with E-state index in [-0.39, 0.29) is 6.42 Å². The fraction of sp³-hybridized carbons (Fsp3) is 0.571. The molecule has 0 saturated heterocycles. The molecule has 0 aromatic carbocycles. The Balaban J connectivity index is 2.09. The van der Waals surface area contributed by atoms with Crippen LogP contribution < -0.4 is 0 Å². The van der Waals surface area contributed by atoms with Gasteiger partial charge in [-0.3, -0.25) is 9.79 Å². The Bertz CT molecular complexity index is 208. The van der Waals surface area contributed by atoms with Crippen LogP contribution in [0.4, 0.5) is 0 Å². The molecule has 0 unspecified atom stereocenters. The first-order valence-corrected chi connectivity index (χ1v) is 3.54. The number of hydrogen-bond acceptors (Lipinski definition) is 3. The third kappa shape index (κ3) is 2.93. The Morgan fingerprint density at radius 2 is 2.55 bits per heavy atom. The predicted molar refractivity (Wildman–Crippen MR) is 42.3 cm³/mol. The maximum atomic E-state index is 10.1. The molecule has 4 nitrogen and oxygen atoms in total. The molecule has 11 heavy (non-hydrogen) atoms. The van der Waals surface area contributed by atoms with Crippen LogP contribution in [0.25, 0.3) is 0 Å². The normalized spacial score (nSPS) is 15.1. The van der Waals surface area contributed by atoms with E-state index in [1.807, 2.05) is 0 Å². The molecule has 1 heterocycles. The van der Waals surface area contributed by atoms with Gasteiger partial charge < -0.3 is 5.11 Å². The van der Waals surface area contributed by atoms with E-state index < -0.39 is 5.97 Å². The van der Waals surface area contributed by atoms with E-state index in [1.54, 1.807) is 0 Å². The summed E-state index contributed by atoms with van der Waals surface area (Å²) >= 11 is 0. The number of nitrogens with zero attached hydrogens (tertiary/aromatic N) is 2. The molecule has 1 N–H and O–H groups in total. The zero-order valence-corrected chi connectivity index (χ0v) is 6.16. The Hall–Kier alpha value is -1.19. The van der Waals surface area contributed by atoms with Gasteiger partial charge in [0.15, 0.2) is 0 Å². The minimum absolute atomic E-state index is 0.221. The molecule has 0 fully saturated rings. The monoisotopic (exact) mass is 154 g/mol. The van der Waals surface area contributed by atoms with Gasteiger partial charge in [-0.05, 0) is 12.8 Å². The van der Waals surface area contributed by atoms with Crippen molar-refractivity contribution in [3.8, 4) is 0 Å². The second-order valence-electron chi connectivity index (χ2n) is 2.40. The molecule has 1 aliphatic rings. The largest absolute Gasteiger partial charge is 0.481 e. The van der Waals surface area contributed by atoms with Gasteiger partial charge >= 0.3 is 5.97 Å². The number of aliphatic carboxylic acids is 1. The molecule has 1 aliphatic heterocycles. The molecular formula is C7H10N2O2. The van der Waals surface area contributed by atoms with E-state index in [1.165, 1.54) is 6.34 Å². The summed E-state index contributed by atoms with van der Waals surface area (Å²) in [5.74, 6) is -0.746. The number of carbonyl (C=O) groups is 1. The second-order valence-corrected chi connectivity index (χ2v) is 2.40. The Labute approximate surface area is 64.7 Å². The molecule has 1 rings (SSSR count). The molecule has 0 saturated carbocycles. The summed E-state index contributed by atoms with van der Waals surface area (Å²) in [6, 6.07) is 0. The quantitative estimate of drug-likeness (QED) is 0.648. The summed E-state index contributed by atoms with van der Waals surface area (Å²) < 4.78 is 0. The lowest BCUT2D eigenvalue weighted by atomic mass is 10.2. The van der Waals surface area contributed by atoms with Gasteiger partial charge in [-0.25, -0.2) is 4.99 Å². The lowest BCUT2D eigenvalue weighted by Gasteiger charge is -1.95. The summed E-state index contributed by atoms with van der Waals surface area (Å²) in [7, 11) is 0. The van der Waals surface area contributed by atoms with Gasteiger partial charge in [0.2, 0.25) is 0 Å². The van der Waals surface area contributed by atoms with Crippen molar-refractivity contribution in [1.29, 1.82) is 0 Å². The number of hydrogen-bond donors (Lipinski definition) is 1. The molecule has 60 valence electrons. The highest BCUT2D eigenvalue weighted by atomic mass is 16.4. The summed E-state index contributed by atoms with van der Waals surface area (Å²) in [5.41, 5.74) is 0.992. The topological polar surface area (TPSA) is 62.0 Å². The fourth-order valence-corrected chi connectivity index (χ4v) is 0.897. The van der Waals surface area contributed by atoms with Crippen LogP contribution in [0.15, 0.2) is 9.98 Å². The first-order chi connectivity index (χ1) is 5.29. The molecule has 4 heteroatoms. The summed E-state index contributed by atoms with van der Waals surface area (Å²) in [5, 5.41) is 8.32. The number of aliphatic imine (C=N–C) groups is 2. The highest BCUT2D eigenvalue weighted by Crippen LogP contribution is 2.01. The molecule has 0 aromatic rings. The van der Waals surface area contributed by atoms with Gasteiger partial charge in [-0.15, -0.1) is 0 Å². The number of rotatable bonds is 4. The van der Waals surface area contributed by atoms with Crippen molar-refractivity contribution in [2.75, 3.05) is 6.54 Å². The SMILES string of the molecule is O=C(O)CCCC1=NC=NC1. The van der Waals surface area contributed by atoms with Gasteiger partial charge in [0, 0.05) is 12.1 Å². The van der Waals surface area contributed by atoms with Crippen LogP contribution in [0, 0.1) is 0 Å². The van der Waals surface area contributed by atoms with Gasteiger partial charge in [0.05, 0.1) is 6.54 Å². The standard InChI is InChI=1S/C7H10N2O2/c10-7(11)3-1-2-6-4-8-5-9-6/h5H,1-4H2,(H,10,11). The van der Waals surface area contributed by atoms with Gasteiger partial charge in [-0.1, -0.05) is 0 Å².